The number of likely N-dealkylation sites (tertiary alicyclic amines) is 1. The Bertz CT molecular complexity index is 180. The van der Waals surface area contributed by atoms with Gasteiger partial charge in [0.05, 0.1) is 0 Å². The van der Waals surface area contributed by atoms with E-state index in [4.69, 9.17) is 18.1 Å². The molecule has 0 radical (unpaired) electrons. The number of hydrogen-bond acceptors (Lipinski definition) is 3. The van der Waals surface area contributed by atoms with Crippen LogP contribution in [0.2, 0.25) is 0 Å². The highest BCUT2D eigenvalue weighted by Crippen LogP contribution is 2.09. The highest BCUT2D eigenvalue weighted by Gasteiger charge is 2.14. The predicted molar refractivity (Wildman–Crippen MR) is 62.8 cm³/mol. The monoisotopic (exact) mass is 216 g/mol. The van der Waals surface area contributed by atoms with Gasteiger partial charge in [-0.05, 0) is 44.1 Å². The Balaban J connectivity index is 2.08. The Morgan fingerprint density at radius 2 is 2.14 bits per heavy atom. The van der Waals surface area contributed by atoms with Crippen LogP contribution in [0.5, 0.6) is 0 Å². The van der Waals surface area contributed by atoms with Gasteiger partial charge in [-0.2, -0.15) is 0 Å². The van der Waals surface area contributed by atoms with Crippen LogP contribution in [0.15, 0.2) is 0 Å². The van der Waals surface area contributed by atoms with Crippen LogP contribution in [0, 0.1) is 5.92 Å². The van der Waals surface area contributed by atoms with E-state index in [9.17, 15) is 0 Å². The third kappa shape index (κ3) is 4.21. The maximum absolute atomic E-state index is 5.16. The number of nitrogens with zero attached hydrogens (tertiary/aromatic N) is 1. The number of nitrogens with two attached hydrogens (primary N) is 1. The fraction of sp³-hybridized carbons (Fsp3) is 0.889. The average Bonchev–Trinajstić information content (AvgIpc) is 2.66. The van der Waals surface area contributed by atoms with E-state index in [1.807, 2.05) is 0 Å². The Kier molecular flexibility index (Phi) is 5.14. The van der Waals surface area contributed by atoms with Gasteiger partial charge < -0.3 is 15.6 Å². The zero-order chi connectivity index (χ0) is 10.4. The molecule has 1 fully saturated rings. The van der Waals surface area contributed by atoms with Gasteiger partial charge in [-0.25, -0.2) is 5.84 Å². The lowest BCUT2D eigenvalue weighted by molar-refractivity contribution is 0.288. The molecule has 14 heavy (non-hydrogen) atoms. The van der Waals surface area contributed by atoms with Crippen molar-refractivity contribution in [3.8, 4) is 0 Å². The molecule has 0 aromatic carbocycles. The first-order valence-electron chi connectivity index (χ1n) is 5.19. The van der Waals surface area contributed by atoms with Gasteiger partial charge in [-0.1, -0.05) is 6.92 Å². The van der Waals surface area contributed by atoms with E-state index in [0.717, 1.165) is 13.1 Å². The molecule has 1 saturated heterocycles. The molecule has 0 bridgehead atoms. The highest BCUT2D eigenvalue weighted by atomic mass is 32.1. The van der Waals surface area contributed by atoms with Crippen LogP contribution in [-0.2, 0) is 0 Å². The molecular formula is C9H20N4S. The molecule has 0 aliphatic carbocycles. The van der Waals surface area contributed by atoms with E-state index in [2.05, 4.69) is 22.6 Å². The smallest absolute Gasteiger partial charge is 0.180 e. The van der Waals surface area contributed by atoms with E-state index < -0.39 is 0 Å². The van der Waals surface area contributed by atoms with Gasteiger partial charge >= 0.3 is 0 Å². The number of nitrogens with one attached hydrogen (secondary N) is 2. The van der Waals surface area contributed by atoms with Crippen LogP contribution in [-0.4, -0.2) is 36.2 Å². The van der Waals surface area contributed by atoms with Crippen molar-refractivity contribution in [2.45, 2.75) is 19.8 Å². The summed E-state index contributed by atoms with van der Waals surface area (Å²) in [6.07, 6.45) is 2.70. The van der Waals surface area contributed by atoms with Gasteiger partial charge in [0.25, 0.3) is 0 Å². The lowest BCUT2D eigenvalue weighted by Crippen LogP contribution is -2.42. The molecule has 82 valence electrons. The topological polar surface area (TPSA) is 53.3 Å². The molecule has 1 heterocycles. The van der Waals surface area contributed by atoms with Gasteiger partial charge in [0.2, 0.25) is 0 Å². The van der Waals surface area contributed by atoms with Crippen LogP contribution in [0.4, 0.5) is 0 Å². The molecule has 4 nitrogen and oxygen atoms in total. The predicted octanol–water partition coefficient (Wildman–Crippen LogP) is 0.0561. The van der Waals surface area contributed by atoms with Crippen LogP contribution in [0.25, 0.3) is 0 Å². The Morgan fingerprint density at radius 1 is 1.50 bits per heavy atom. The quantitative estimate of drug-likeness (QED) is 0.352. The average molecular weight is 216 g/mol. The molecule has 5 heteroatoms. The summed E-state index contributed by atoms with van der Waals surface area (Å²) in [4.78, 5) is 2.51. The lowest BCUT2D eigenvalue weighted by atomic mass is 10.1. The minimum absolute atomic E-state index is 0.526. The molecule has 4 N–H and O–H groups in total. The summed E-state index contributed by atoms with van der Waals surface area (Å²) in [6.45, 7) is 6.78. The Labute approximate surface area is 91.2 Å². The largest absolute Gasteiger partial charge is 0.361 e. The Morgan fingerprint density at radius 3 is 2.71 bits per heavy atom. The van der Waals surface area contributed by atoms with Crippen molar-refractivity contribution in [2.75, 3.05) is 26.2 Å². The highest BCUT2D eigenvalue weighted by molar-refractivity contribution is 7.80. The maximum Gasteiger partial charge on any atom is 0.180 e. The van der Waals surface area contributed by atoms with E-state index >= 15 is 0 Å². The van der Waals surface area contributed by atoms with Crippen molar-refractivity contribution in [1.82, 2.24) is 15.6 Å². The second-order valence-corrected chi connectivity index (χ2v) is 4.38. The third-order valence-corrected chi connectivity index (χ3v) is 2.77. The number of hydrazine groups is 1. The molecule has 1 rings (SSSR count). The van der Waals surface area contributed by atoms with Crippen molar-refractivity contribution in [3.05, 3.63) is 0 Å². The number of rotatable bonds is 4. The second-order valence-electron chi connectivity index (χ2n) is 3.97. The SMILES string of the molecule is CC(CNC(=S)NN)CN1CCCC1. The van der Waals surface area contributed by atoms with Crippen LogP contribution < -0.4 is 16.6 Å². The molecule has 1 atom stereocenters. The third-order valence-electron chi connectivity index (χ3n) is 2.51. The van der Waals surface area contributed by atoms with Gasteiger partial charge in [0.15, 0.2) is 5.11 Å². The first kappa shape index (κ1) is 11.7. The van der Waals surface area contributed by atoms with Gasteiger partial charge in [0.1, 0.15) is 0 Å². The zero-order valence-electron chi connectivity index (χ0n) is 8.75. The maximum atomic E-state index is 5.16. The normalized spacial score (nSPS) is 19.3. The van der Waals surface area contributed by atoms with E-state index in [-0.39, 0.29) is 0 Å². The van der Waals surface area contributed by atoms with Gasteiger partial charge in [-0.15, -0.1) is 0 Å². The van der Waals surface area contributed by atoms with Crippen molar-refractivity contribution < 1.29 is 0 Å². The van der Waals surface area contributed by atoms with Crippen molar-refractivity contribution in [1.29, 1.82) is 0 Å². The van der Waals surface area contributed by atoms with E-state index in [1.165, 1.54) is 25.9 Å². The molecule has 1 unspecified atom stereocenters. The molecule has 1 aliphatic heterocycles. The summed E-state index contributed by atoms with van der Waals surface area (Å²) in [5.74, 6) is 5.77. The zero-order valence-corrected chi connectivity index (χ0v) is 9.57. The number of thiocarbonyl (C=S) groups is 1. The minimum Gasteiger partial charge on any atom is -0.361 e. The van der Waals surface area contributed by atoms with Crippen LogP contribution >= 0.6 is 12.2 Å². The molecule has 0 amide bonds. The molecule has 0 aromatic rings. The van der Waals surface area contributed by atoms with Crippen LogP contribution in [0.1, 0.15) is 19.8 Å². The van der Waals surface area contributed by atoms with Gasteiger partial charge in [-0.3, -0.25) is 0 Å². The molecule has 1 aliphatic rings. The van der Waals surface area contributed by atoms with Crippen molar-refractivity contribution in [3.63, 3.8) is 0 Å². The van der Waals surface area contributed by atoms with Crippen LogP contribution in [0.3, 0.4) is 0 Å². The molecule has 0 saturated carbocycles. The minimum atomic E-state index is 0.526. The van der Waals surface area contributed by atoms with Crippen molar-refractivity contribution in [2.24, 2.45) is 11.8 Å². The molecule has 0 spiro atoms. The fourth-order valence-electron chi connectivity index (χ4n) is 1.79. The van der Waals surface area contributed by atoms with Gasteiger partial charge in [0, 0.05) is 13.1 Å². The lowest BCUT2D eigenvalue weighted by Gasteiger charge is -2.20. The summed E-state index contributed by atoms with van der Waals surface area (Å²) >= 11 is 4.90. The first-order valence-corrected chi connectivity index (χ1v) is 5.60. The first-order chi connectivity index (χ1) is 6.72. The number of hydrogen-bond donors (Lipinski definition) is 3. The summed E-state index contributed by atoms with van der Waals surface area (Å²) < 4.78 is 0. The summed E-state index contributed by atoms with van der Waals surface area (Å²) in [6, 6.07) is 0. The standard InChI is InChI=1S/C9H20N4S/c1-8(6-11-9(14)12-10)7-13-4-2-3-5-13/h8H,2-7,10H2,1H3,(H2,11,12,14). The summed E-state index contributed by atoms with van der Waals surface area (Å²) in [5, 5.41) is 3.60. The fourth-order valence-corrected chi connectivity index (χ4v) is 1.87. The molecule has 0 aromatic heterocycles. The van der Waals surface area contributed by atoms with E-state index in [0.29, 0.717) is 11.0 Å². The second kappa shape index (κ2) is 6.16. The molecular weight excluding hydrogens is 196 g/mol. The summed E-state index contributed by atoms with van der Waals surface area (Å²) in [5.41, 5.74) is 2.42. The Hall–Kier alpha value is -0.390. The van der Waals surface area contributed by atoms with E-state index in [1.54, 1.807) is 0 Å². The summed E-state index contributed by atoms with van der Waals surface area (Å²) in [7, 11) is 0. The van der Waals surface area contributed by atoms with Crippen molar-refractivity contribution >= 4 is 17.3 Å².